The summed E-state index contributed by atoms with van der Waals surface area (Å²) in [7, 11) is 0. The molecular weight excluding hydrogens is 356 g/mol. The largest absolute Gasteiger partial charge is 0.494 e. The van der Waals surface area contributed by atoms with Gasteiger partial charge < -0.3 is 18.9 Å². The molecule has 0 amide bonds. The minimum absolute atomic E-state index is 0.261. The van der Waals surface area contributed by atoms with Gasteiger partial charge in [0, 0.05) is 18.5 Å². The van der Waals surface area contributed by atoms with Crippen molar-refractivity contribution in [1.29, 1.82) is 0 Å². The minimum Gasteiger partial charge on any atom is -0.494 e. The molecule has 1 saturated heterocycles. The topological polar surface area (TPSA) is 64.8 Å². The third-order valence-electron chi connectivity index (χ3n) is 5.09. The van der Waals surface area contributed by atoms with E-state index < -0.39 is 5.97 Å². The lowest BCUT2D eigenvalue weighted by molar-refractivity contribution is 0.0513. The number of benzene rings is 1. The first-order chi connectivity index (χ1) is 13.7. The number of ether oxygens (including phenoxy) is 2. The van der Waals surface area contributed by atoms with E-state index in [1.165, 1.54) is 32.4 Å². The van der Waals surface area contributed by atoms with Crippen LogP contribution in [0.3, 0.4) is 0 Å². The average molecular weight is 386 g/mol. The van der Waals surface area contributed by atoms with Gasteiger partial charge in [0.1, 0.15) is 11.5 Å². The SMILES string of the molecule is CCOC(=O)c1noc(C)c1Cc1ccc(OCCCN2CCCCC2)cc1. The van der Waals surface area contributed by atoms with Crippen LogP contribution in [-0.2, 0) is 11.2 Å². The van der Waals surface area contributed by atoms with Crippen LogP contribution < -0.4 is 4.74 Å². The number of rotatable bonds is 9. The van der Waals surface area contributed by atoms with Crippen LogP contribution in [0.25, 0.3) is 0 Å². The Labute approximate surface area is 166 Å². The Bertz CT molecular complexity index is 748. The lowest BCUT2D eigenvalue weighted by Gasteiger charge is -2.26. The smallest absolute Gasteiger partial charge is 0.360 e. The van der Waals surface area contributed by atoms with Gasteiger partial charge in [-0.15, -0.1) is 0 Å². The summed E-state index contributed by atoms with van der Waals surface area (Å²) in [5.41, 5.74) is 2.10. The van der Waals surface area contributed by atoms with Crippen molar-refractivity contribution in [3.05, 3.63) is 46.8 Å². The lowest BCUT2D eigenvalue weighted by atomic mass is 10.0. The molecule has 152 valence electrons. The summed E-state index contributed by atoms with van der Waals surface area (Å²) in [6.45, 7) is 8.19. The fourth-order valence-corrected chi connectivity index (χ4v) is 3.53. The van der Waals surface area contributed by atoms with Crippen LogP contribution in [0.15, 0.2) is 28.8 Å². The fourth-order valence-electron chi connectivity index (χ4n) is 3.53. The summed E-state index contributed by atoms with van der Waals surface area (Å²) in [6, 6.07) is 7.98. The molecule has 2 aromatic rings. The monoisotopic (exact) mass is 386 g/mol. The molecule has 0 radical (unpaired) electrons. The fraction of sp³-hybridized carbons (Fsp3) is 0.545. The molecule has 0 aliphatic carbocycles. The minimum atomic E-state index is -0.442. The summed E-state index contributed by atoms with van der Waals surface area (Å²) >= 11 is 0. The third kappa shape index (κ3) is 5.58. The number of esters is 1. The molecule has 0 bridgehead atoms. The third-order valence-corrected chi connectivity index (χ3v) is 5.09. The molecule has 0 spiro atoms. The summed E-state index contributed by atoms with van der Waals surface area (Å²) in [5, 5.41) is 3.86. The van der Waals surface area contributed by atoms with E-state index in [2.05, 4.69) is 10.1 Å². The molecule has 1 aliphatic heterocycles. The zero-order valence-corrected chi connectivity index (χ0v) is 16.9. The van der Waals surface area contributed by atoms with Crippen LogP contribution in [0.5, 0.6) is 5.75 Å². The van der Waals surface area contributed by atoms with Crippen LogP contribution in [0.1, 0.15) is 60.0 Å². The van der Waals surface area contributed by atoms with Crippen LogP contribution >= 0.6 is 0 Å². The van der Waals surface area contributed by atoms with Crippen molar-refractivity contribution in [2.24, 2.45) is 0 Å². The second kappa shape index (κ2) is 10.3. The number of aromatic nitrogens is 1. The van der Waals surface area contributed by atoms with E-state index in [9.17, 15) is 4.79 Å². The van der Waals surface area contributed by atoms with E-state index in [1.807, 2.05) is 31.2 Å². The molecule has 0 unspecified atom stereocenters. The van der Waals surface area contributed by atoms with Gasteiger partial charge in [0.2, 0.25) is 0 Å². The molecule has 0 N–H and O–H groups in total. The molecule has 6 heteroatoms. The van der Waals surface area contributed by atoms with E-state index in [1.54, 1.807) is 6.92 Å². The molecule has 2 heterocycles. The van der Waals surface area contributed by atoms with Crippen LogP contribution in [0, 0.1) is 6.92 Å². The molecule has 1 aromatic heterocycles. The molecule has 1 aromatic carbocycles. The zero-order chi connectivity index (χ0) is 19.8. The van der Waals surface area contributed by atoms with Crippen molar-refractivity contribution >= 4 is 5.97 Å². The number of carbonyl (C=O) groups is 1. The molecule has 0 saturated carbocycles. The Morgan fingerprint density at radius 1 is 1.18 bits per heavy atom. The van der Waals surface area contributed by atoms with Crippen molar-refractivity contribution in [1.82, 2.24) is 10.1 Å². The van der Waals surface area contributed by atoms with Crippen LogP contribution in [-0.4, -0.2) is 48.9 Å². The molecule has 3 rings (SSSR count). The zero-order valence-electron chi connectivity index (χ0n) is 16.9. The van der Waals surface area contributed by atoms with Gasteiger partial charge >= 0.3 is 5.97 Å². The first-order valence-corrected chi connectivity index (χ1v) is 10.2. The van der Waals surface area contributed by atoms with Crippen LogP contribution in [0.4, 0.5) is 0 Å². The van der Waals surface area contributed by atoms with E-state index >= 15 is 0 Å². The maximum atomic E-state index is 12.0. The van der Waals surface area contributed by atoms with E-state index in [0.29, 0.717) is 18.8 Å². The second-order valence-corrected chi connectivity index (χ2v) is 7.21. The van der Waals surface area contributed by atoms with E-state index in [4.69, 9.17) is 14.0 Å². The Kier molecular flexibility index (Phi) is 7.48. The highest BCUT2D eigenvalue weighted by Gasteiger charge is 2.21. The van der Waals surface area contributed by atoms with Crippen molar-refractivity contribution in [2.75, 3.05) is 32.8 Å². The first kappa shape index (κ1) is 20.4. The number of likely N-dealkylation sites (tertiary alicyclic amines) is 1. The molecular formula is C22H30N2O4. The quantitative estimate of drug-likeness (QED) is 0.479. The predicted octanol–water partition coefficient (Wildman–Crippen LogP) is 4.01. The number of hydrogen-bond donors (Lipinski definition) is 0. The standard InChI is InChI=1S/C22H30N2O4/c1-3-26-22(25)21-20(17(2)28-23-21)16-18-8-10-19(11-9-18)27-15-7-14-24-12-5-4-6-13-24/h8-11H,3-7,12-16H2,1-2H3. The summed E-state index contributed by atoms with van der Waals surface area (Å²) in [4.78, 5) is 14.5. The molecule has 1 aliphatic rings. The van der Waals surface area contributed by atoms with Gasteiger partial charge in [-0.05, 0) is 63.9 Å². The van der Waals surface area contributed by atoms with Gasteiger partial charge in [-0.1, -0.05) is 23.7 Å². The highest BCUT2D eigenvalue weighted by molar-refractivity contribution is 5.89. The van der Waals surface area contributed by atoms with Gasteiger partial charge in [0.05, 0.1) is 13.2 Å². The second-order valence-electron chi connectivity index (χ2n) is 7.21. The van der Waals surface area contributed by atoms with Gasteiger partial charge in [-0.3, -0.25) is 0 Å². The van der Waals surface area contributed by atoms with Gasteiger partial charge in [-0.25, -0.2) is 4.79 Å². The molecule has 1 fully saturated rings. The normalized spacial score (nSPS) is 14.8. The Morgan fingerprint density at radius 2 is 1.93 bits per heavy atom. The first-order valence-electron chi connectivity index (χ1n) is 10.2. The highest BCUT2D eigenvalue weighted by Crippen LogP contribution is 2.21. The summed E-state index contributed by atoms with van der Waals surface area (Å²) < 4.78 is 16.1. The lowest BCUT2D eigenvalue weighted by Crippen LogP contribution is -2.31. The average Bonchev–Trinajstić information content (AvgIpc) is 3.08. The summed E-state index contributed by atoms with van der Waals surface area (Å²) in [5.74, 6) is 1.07. The Morgan fingerprint density at radius 3 is 2.64 bits per heavy atom. The molecule has 28 heavy (non-hydrogen) atoms. The van der Waals surface area contributed by atoms with E-state index in [0.717, 1.165) is 36.4 Å². The summed E-state index contributed by atoms with van der Waals surface area (Å²) in [6.07, 6.45) is 5.63. The predicted molar refractivity (Wildman–Crippen MR) is 107 cm³/mol. The van der Waals surface area contributed by atoms with Gasteiger partial charge in [0.25, 0.3) is 0 Å². The van der Waals surface area contributed by atoms with Gasteiger partial charge in [-0.2, -0.15) is 0 Å². The van der Waals surface area contributed by atoms with Gasteiger partial charge in [0.15, 0.2) is 5.69 Å². The van der Waals surface area contributed by atoms with E-state index in [-0.39, 0.29) is 5.69 Å². The molecule has 0 atom stereocenters. The van der Waals surface area contributed by atoms with Crippen LogP contribution in [0.2, 0.25) is 0 Å². The number of carbonyl (C=O) groups excluding carboxylic acids is 1. The van der Waals surface area contributed by atoms with Crippen molar-refractivity contribution in [3.8, 4) is 5.75 Å². The number of hydrogen-bond acceptors (Lipinski definition) is 6. The van der Waals surface area contributed by atoms with Crippen molar-refractivity contribution in [3.63, 3.8) is 0 Å². The maximum Gasteiger partial charge on any atom is 0.360 e. The van der Waals surface area contributed by atoms with Crippen molar-refractivity contribution < 1.29 is 18.8 Å². The number of aryl methyl sites for hydroxylation is 1. The molecule has 6 nitrogen and oxygen atoms in total. The number of nitrogens with zero attached hydrogens (tertiary/aromatic N) is 2. The Balaban J connectivity index is 1.49. The number of piperidine rings is 1. The highest BCUT2D eigenvalue weighted by atomic mass is 16.5. The maximum absolute atomic E-state index is 12.0. The Hall–Kier alpha value is -2.34. The van der Waals surface area contributed by atoms with Crippen molar-refractivity contribution in [2.45, 2.75) is 46.0 Å².